The van der Waals surface area contributed by atoms with Crippen LogP contribution in [0.25, 0.3) is 0 Å². The molecule has 0 bridgehead atoms. The number of alkyl halides is 2. The van der Waals surface area contributed by atoms with Crippen LogP contribution in [0, 0.1) is 6.92 Å². The molecule has 1 unspecified atom stereocenters. The minimum Gasteiger partial charge on any atom is -0.364 e. The molecule has 0 saturated heterocycles. The summed E-state index contributed by atoms with van der Waals surface area (Å²) in [5.74, 6) is -3.16. The van der Waals surface area contributed by atoms with Crippen LogP contribution < -0.4 is 0 Å². The Morgan fingerprint density at radius 1 is 1.73 bits per heavy atom. The first-order valence-corrected chi connectivity index (χ1v) is 3.40. The molecular formula is C7H7F2NO. The van der Waals surface area contributed by atoms with Crippen molar-refractivity contribution in [2.24, 2.45) is 0 Å². The van der Waals surface area contributed by atoms with Crippen molar-refractivity contribution in [3.63, 3.8) is 0 Å². The van der Waals surface area contributed by atoms with Crippen molar-refractivity contribution < 1.29 is 13.3 Å². The molecule has 2 rings (SSSR count). The lowest BCUT2D eigenvalue weighted by Gasteiger charge is -1.92. The average Bonchev–Trinajstić information content (AvgIpc) is 2.38. The van der Waals surface area contributed by atoms with E-state index in [1.54, 1.807) is 6.92 Å². The molecular weight excluding hydrogens is 152 g/mol. The van der Waals surface area contributed by atoms with Crippen molar-refractivity contribution in [2.45, 2.75) is 25.2 Å². The van der Waals surface area contributed by atoms with Gasteiger partial charge in [-0.3, -0.25) is 0 Å². The summed E-state index contributed by atoms with van der Waals surface area (Å²) in [4.78, 5) is 0. The van der Waals surface area contributed by atoms with Crippen molar-refractivity contribution in [1.82, 2.24) is 5.16 Å². The van der Waals surface area contributed by atoms with Gasteiger partial charge in [0.25, 0.3) is 5.92 Å². The fourth-order valence-electron chi connectivity index (χ4n) is 1.19. The molecule has 60 valence electrons. The third-order valence-electron chi connectivity index (χ3n) is 1.99. The SMILES string of the molecule is Cc1nocc1C1CC1(F)F. The van der Waals surface area contributed by atoms with E-state index in [1.165, 1.54) is 6.26 Å². The minimum absolute atomic E-state index is 0.0605. The summed E-state index contributed by atoms with van der Waals surface area (Å²) in [5, 5.41) is 3.54. The van der Waals surface area contributed by atoms with Gasteiger partial charge in [-0.1, -0.05) is 5.16 Å². The lowest BCUT2D eigenvalue weighted by Crippen LogP contribution is -1.92. The van der Waals surface area contributed by atoms with Crippen LogP contribution in [0.5, 0.6) is 0 Å². The number of rotatable bonds is 1. The zero-order valence-electron chi connectivity index (χ0n) is 5.97. The van der Waals surface area contributed by atoms with E-state index >= 15 is 0 Å². The van der Waals surface area contributed by atoms with E-state index in [4.69, 9.17) is 0 Å². The molecule has 1 aliphatic carbocycles. The third kappa shape index (κ3) is 0.931. The number of aryl methyl sites for hydroxylation is 1. The highest BCUT2D eigenvalue weighted by Crippen LogP contribution is 2.56. The van der Waals surface area contributed by atoms with Crippen molar-refractivity contribution in [2.75, 3.05) is 0 Å². The van der Waals surface area contributed by atoms with Gasteiger partial charge in [-0.15, -0.1) is 0 Å². The van der Waals surface area contributed by atoms with Gasteiger partial charge in [-0.05, 0) is 6.92 Å². The molecule has 1 atom stereocenters. The molecule has 2 nitrogen and oxygen atoms in total. The number of aromatic nitrogens is 1. The van der Waals surface area contributed by atoms with Gasteiger partial charge in [-0.2, -0.15) is 0 Å². The Kier molecular flexibility index (Phi) is 1.11. The predicted molar refractivity (Wildman–Crippen MR) is 33.5 cm³/mol. The highest BCUT2D eigenvalue weighted by atomic mass is 19.3. The highest BCUT2D eigenvalue weighted by molar-refractivity contribution is 5.28. The van der Waals surface area contributed by atoms with E-state index in [2.05, 4.69) is 9.68 Å². The maximum absolute atomic E-state index is 12.5. The van der Waals surface area contributed by atoms with E-state index in [1.807, 2.05) is 0 Å². The lowest BCUT2D eigenvalue weighted by molar-refractivity contribution is 0.112. The smallest absolute Gasteiger partial charge is 0.256 e. The van der Waals surface area contributed by atoms with Crippen LogP contribution >= 0.6 is 0 Å². The Balaban J connectivity index is 2.27. The first-order valence-electron chi connectivity index (χ1n) is 3.40. The molecule has 1 aromatic heterocycles. The van der Waals surface area contributed by atoms with Crippen LogP contribution in [-0.2, 0) is 0 Å². The van der Waals surface area contributed by atoms with Gasteiger partial charge in [0.15, 0.2) is 0 Å². The number of nitrogens with zero attached hydrogens (tertiary/aromatic N) is 1. The molecule has 0 N–H and O–H groups in total. The van der Waals surface area contributed by atoms with E-state index in [9.17, 15) is 8.78 Å². The number of halogens is 2. The molecule has 0 amide bonds. The summed E-state index contributed by atoms with van der Waals surface area (Å²) in [5.41, 5.74) is 1.13. The standard InChI is InChI=1S/C7H7F2NO/c1-4-5(3-11-10-4)6-2-7(6,8)9/h3,6H,2H2,1H3. The molecule has 1 heterocycles. The van der Waals surface area contributed by atoms with Crippen molar-refractivity contribution in [1.29, 1.82) is 0 Å². The van der Waals surface area contributed by atoms with Crippen LogP contribution in [0.2, 0.25) is 0 Å². The molecule has 4 heteroatoms. The second-order valence-corrected chi connectivity index (χ2v) is 2.87. The largest absolute Gasteiger partial charge is 0.364 e. The van der Waals surface area contributed by atoms with Crippen LogP contribution in [0.1, 0.15) is 23.6 Å². The van der Waals surface area contributed by atoms with Gasteiger partial charge in [0.2, 0.25) is 0 Å². The summed E-state index contributed by atoms with van der Waals surface area (Å²) in [6.45, 7) is 1.67. The van der Waals surface area contributed by atoms with E-state index in [0.717, 1.165) is 0 Å². The summed E-state index contributed by atoms with van der Waals surface area (Å²) in [7, 11) is 0. The van der Waals surface area contributed by atoms with Gasteiger partial charge in [-0.25, -0.2) is 8.78 Å². The molecule has 1 fully saturated rings. The van der Waals surface area contributed by atoms with Crippen molar-refractivity contribution in [3.05, 3.63) is 17.5 Å². The third-order valence-corrected chi connectivity index (χ3v) is 1.99. The van der Waals surface area contributed by atoms with Crippen LogP contribution in [0.3, 0.4) is 0 Å². The Morgan fingerprint density at radius 3 is 2.73 bits per heavy atom. The van der Waals surface area contributed by atoms with Gasteiger partial charge in [0.1, 0.15) is 6.26 Å². The van der Waals surface area contributed by atoms with Crippen LogP contribution in [-0.4, -0.2) is 11.1 Å². The average molecular weight is 159 g/mol. The van der Waals surface area contributed by atoms with Crippen LogP contribution in [0.15, 0.2) is 10.8 Å². The molecule has 0 radical (unpaired) electrons. The molecule has 1 aromatic rings. The normalized spacial score (nSPS) is 27.0. The maximum atomic E-state index is 12.5. The van der Waals surface area contributed by atoms with Crippen LogP contribution in [0.4, 0.5) is 8.78 Å². The van der Waals surface area contributed by atoms with Gasteiger partial charge >= 0.3 is 0 Å². The topological polar surface area (TPSA) is 26.0 Å². The first kappa shape index (κ1) is 6.76. The lowest BCUT2D eigenvalue weighted by atomic mass is 10.2. The first-order chi connectivity index (χ1) is 5.11. The van der Waals surface area contributed by atoms with Gasteiger partial charge < -0.3 is 4.52 Å². The number of hydrogen-bond donors (Lipinski definition) is 0. The van der Waals surface area contributed by atoms with Gasteiger partial charge in [0, 0.05) is 12.0 Å². The molecule has 0 aliphatic heterocycles. The number of hydrogen-bond acceptors (Lipinski definition) is 2. The zero-order chi connectivity index (χ0) is 8.06. The molecule has 0 spiro atoms. The van der Waals surface area contributed by atoms with E-state index in [-0.39, 0.29) is 6.42 Å². The second kappa shape index (κ2) is 1.81. The molecule has 0 aromatic carbocycles. The quantitative estimate of drug-likeness (QED) is 0.627. The Morgan fingerprint density at radius 2 is 2.36 bits per heavy atom. The molecule has 11 heavy (non-hydrogen) atoms. The molecule has 1 saturated carbocycles. The second-order valence-electron chi connectivity index (χ2n) is 2.87. The Hall–Kier alpha value is -0.930. The summed E-state index contributed by atoms with van der Waals surface area (Å²) >= 11 is 0. The van der Waals surface area contributed by atoms with Crippen molar-refractivity contribution >= 4 is 0 Å². The van der Waals surface area contributed by atoms with E-state index < -0.39 is 11.8 Å². The molecule has 1 aliphatic rings. The summed E-state index contributed by atoms with van der Waals surface area (Å²) in [6, 6.07) is 0. The summed E-state index contributed by atoms with van der Waals surface area (Å²) < 4.78 is 29.5. The van der Waals surface area contributed by atoms with Gasteiger partial charge in [0.05, 0.1) is 11.6 Å². The van der Waals surface area contributed by atoms with E-state index in [0.29, 0.717) is 11.3 Å². The Labute approximate surface area is 62.2 Å². The fraction of sp³-hybridized carbons (Fsp3) is 0.571. The summed E-state index contributed by atoms with van der Waals surface area (Å²) in [6.07, 6.45) is 1.25. The highest BCUT2D eigenvalue weighted by Gasteiger charge is 2.58. The van der Waals surface area contributed by atoms with Crippen molar-refractivity contribution in [3.8, 4) is 0 Å². The fourth-order valence-corrected chi connectivity index (χ4v) is 1.19. The minimum atomic E-state index is -2.52. The monoisotopic (exact) mass is 159 g/mol. The predicted octanol–water partition coefficient (Wildman–Crippen LogP) is 2.11. The Bertz CT molecular complexity index is 282. The maximum Gasteiger partial charge on any atom is 0.256 e. The zero-order valence-corrected chi connectivity index (χ0v) is 5.97.